The van der Waals surface area contributed by atoms with E-state index in [4.69, 9.17) is 5.73 Å². The fourth-order valence-electron chi connectivity index (χ4n) is 1.54. The van der Waals surface area contributed by atoms with Crippen molar-refractivity contribution in [3.63, 3.8) is 0 Å². The van der Waals surface area contributed by atoms with E-state index in [1.54, 1.807) is 18.2 Å². The van der Waals surface area contributed by atoms with Gasteiger partial charge in [-0.15, -0.1) is 0 Å². The molecule has 108 valence electrons. The lowest BCUT2D eigenvalue weighted by molar-refractivity contribution is 0.0956. The van der Waals surface area contributed by atoms with Crippen molar-refractivity contribution in [3.8, 4) is 11.8 Å². The molecule has 1 rings (SSSR count). The first-order valence-corrected chi connectivity index (χ1v) is 8.15. The second-order valence-electron chi connectivity index (χ2n) is 4.42. The largest absolute Gasteiger partial charge is 0.351 e. The summed E-state index contributed by atoms with van der Waals surface area (Å²) in [6, 6.07) is 5.13. The van der Waals surface area contributed by atoms with Crippen LogP contribution in [0.4, 0.5) is 0 Å². The Hall–Kier alpha value is -1.84. The molecular formula is C14H18N2O3S. The van der Waals surface area contributed by atoms with Gasteiger partial charge in [-0.2, -0.15) is 0 Å². The number of carbonyl (C=O) groups is 1. The van der Waals surface area contributed by atoms with Crippen LogP contribution in [0, 0.1) is 18.8 Å². The van der Waals surface area contributed by atoms with Gasteiger partial charge in [0.1, 0.15) is 9.84 Å². The zero-order chi connectivity index (χ0) is 15.2. The standard InChI is InChI=1S/C14H18N2O3S/c1-11-10-13(6-5-12(11)4-3-7-15)14(17)16-8-9-20(2,18)19/h5-6,10H,7-9,15H2,1-2H3,(H,16,17). The van der Waals surface area contributed by atoms with Crippen LogP contribution in [0.25, 0.3) is 0 Å². The highest BCUT2D eigenvalue weighted by atomic mass is 32.2. The minimum atomic E-state index is -3.07. The lowest BCUT2D eigenvalue weighted by atomic mass is 10.0. The zero-order valence-electron chi connectivity index (χ0n) is 11.6. The van der Waals surface area contributed by atoms with Gasteiger partial charge >= 0.3 is 0 Å². The number of nitrogens with one attached hydrogen (secondary N) is 1. The molecule has 0 aromatic heterocycles. The van der Waals surface area contributed by atoms with E-state index in [0.717, 1.165) is 17.4 Å². The van der Waals surface area contributed by atoms with Gasteiger partial charge in [0, 0.05) is 23.9 Å². The summed E-state index contributed by atoms with van der Waals surface area (Å²) < 4.78 is 21.9. The average Bonchev–Trinajstić information content (AvgIpc) is 2.35. The molecule has 1 amide bonds. The fraction of sp³-hybridized carbons (Fsp3) is 0.357. The van der Waals surface area contributed by atoms with Gasteiger partial charge in [0.05, 0.1) is 12.3 Å². The molecule has 6 heteroatoms. The molecule has 0 unspecified atom stereocenters. The second-order valence-corrected chi connectivity index (χ2v) is 6.68. The summed E-state index contributed by atoms with van der Waals surface area (Å²) in [6.07, 6.45) is 1.13. The number of benzene rings is 1. The third kappa shape index (κ3) is 5.43. The number of nitrogens with two attached hydrogens (primary N) is 1. The lowest BCUT2D eigenvalue weighted by Gasteiger charge is -2.06. The Morgan fingerprint density at radius 1 is 1.40 bits per heavy atom. The van der Waals surface area contributed by atoms with Crippen LogP contribution in [-0.2, 0) is 9.84 Å². The van der Waals surface area contributed by atoms with Crippen LogP contribution in [-0.4, -0.2) is 39.4 Å². The maximum Gasteiger partial charge on any atom is 0.251 e. The molecule has 0 aliphatic rings. The lowest BCUT2D eigenvalue weighted by Crippen LogP contribution is -2.28. The highest BCUT2D eigenvalue weighted by Crippen LogP contribution is 2.10. The molecule has 20 heavy (non-hydrogen) atoms. The summed E-state index contributed by atoms with van der Waals surface area (Å²) in [7, 11) is -3.07. The molecular weight excluding hydrogens is 276 g/mol. The van der Waals surface area contributed by atoms with Gasteiger partial charge in [0.15, 0.2) is 0 Å². The average molecular weight is 294 g/mol. The molecule has 0 atom stereocenters. The highest BCUT2D eigenvalue weighted by molar-refractivity contribution is 7.90. The van der Waals surface area contributed by atoms with E-state index in [1.807, 2.05) is 6.92 Å². The van der Waals surface area contributed by atoms with Crippen LogP contribution < -0.4 is 11.1 Å². The minimum Gasteiger partial charge on any atom is -0.351 e. The number of hydrogen-bond acceptors (Lipinski definition) is 4. The van der Waals surface area contributed by atoms with Gasteiger partial charge < -0.3 is 11.1 Å². The summed E-state index contributed by atoms with van der Waals surface area (Å²) in [5.41, 5.74) is 7.49. The molecule has 0 aliphatic carbocycles. The van der Waals surface area contributed by atoms with Gasteiger partial charge in [-0.3, -0.25) is 4.79 Å². The van der Waals surface area contributed by atoms with Crippen molar-refractivity contribution in [2.75, 3.05) is 25.1 Å². The smallest absolute Gasteiger partial charge is 0.251 e. The molecule has 0 heterocycles. The highest BCUT2D eigenvalue weighted by Gasteiger charge is 2.08. The number of hydrogen-bond donors (Lipinski definition) is 2. The molecule has 3 N–H and O–H groups in total. The number of carbonyl (C=O) groups excluding carboxylic acids is 1. The first-order chi connectivity index (χ1) is 9.33. The van der Waals surface area contributed by atoms with Crippen molar-refractivity contribution >= 4 is 15.7 Å². The Labute approximate surface area is 119 Å². The van der Waals surface area contributed by atoms with Gasteiger partial charge in [-0.1, -0.05) is 11.8 Å². The number of amides is 1. The molecule has 0 saturated heterocycles. The minimum absolute atomic E-state index is 0.0716. The SMILES string of the molecule is Cc1cc(C(=O)NCCS(C)(=O)=O)ccc1C#CCN. The predicted octanol–water partition coefficient (Wildman–Crippen LogP) is 0.0796. The van der Waals surface area contributed by atoms with E-state index in [0.29, 0.717) is 5.56 Å². The van der Waals surface area contributed by atoms with E-state index < -0.39 is 9.84 Å². The number of rotatable bonds is 4. The third-order valence-electron chi connectivity index (χ3n) is 2.57. The molecule has 5 nitrogen and oxygen atoms in total. The van der Waals surface area contributed by atoms with Crippen molar-refractivity contribution in [2.45, 2.75) is 6.92 Å². The maximum absolute atomic E-state index is 11.8. The molecule has 0 aliphatic heterocycles. The Morgan fingerprint density at radius 3 is 2.65 bits per heavy atom. The van der Waals surface area contributed by atoms with Crippen LogP contribution >= 0.6 is 0 Å². The third-order valence-corrected chi connectivity index (χ3v) is 3.52. The van der Waals surface area contributed by atoms with Crippen LogP contribution in [0.2, 0.25) is 0 Å². The predicted molar refractivity (Wildman–Crippen MR) is 79.2 cm³/mol. The fourth-order valence-corrected chi connectivity index (χ4v) is 2.02. The monoisotopic (exact) mass is 294 g/mol. The van der Waals surface area contributed by atoms with Gasteiger partial charge in [-0.25, -0.2) is 8.42 Å². The topological polar surface area (TPSA) is 89.3 Å². The van der Waals surface area contributed by atoms with E-state index in [-0.39, 0.29) is 24.7 Å². The summed E-state index contributed by atoms with van der Waals surface area (Å²) in [5, 5.41) is 2.57. The van der Waals surface area contributed by atoms with Gasteiger partial charge in [-0.05, 0) is 30.7 Å². The van der Waals surface area contributed by atoms with Crippen molar-refractivity contribution in [1.82, 2.24) is 5.32 Å². The van der Waals surface area contributed by atoms with E-state index in [2.05, 4.69) is 17.2 Å². The van der Waals surface area contributed by atoms with Gasteiger partial charge in [0.2, 0.25) is 0 Å². The van der Waals surface area contributed by atoms with Gasteiger partial charge in [0.25, 0.3) is 5.91 Å². The summed E-state index contributed by atoms with van der Waals surface area (Å²) in [6.45, 7) is 2.24. The molecule has 0 bridgehead atoms. The summed E-state index contributed by atoms with van der Waals surface area (Å²) in [4.78, 5) is 11.8. The molecule has 0 radical (unpaired) electrons. The second kappa shape index (κ2) is 7.08. The molecule has 0 saturated carbocycles. The molecule has 0 spiro atoms. The summed E-state index contributed by atoms with van der Waals surface area (Å²) in [5.74, 6) is 5.30. The van der Waals surface area contributed by atoms with E-state index in [1.165, 1.54) is 0 Å². The van der Waals surface area contributed by atoms with Crippen molar-refractivity contribution in [2.24, 2.45) is 5.73 Å². The van der Waals surface area contributed by atoms with Crippen LogP contribution in [0.5, 0.6) is 0 Å². The quantitative estimate of drug-likeness (QED) is 0.770. The van der Waals surface area contributed by atoms with Crippen molar-refractivity contribution in [3.05, 3.63) is 34.9 Å². The maximum atomic E-state index is 11.8. The molecule has 1 aromatic rings. The Morgan fingerprint density at radius 2 is 2.10 bits per heavy atom. The Kier molecular flexibility index (Phi) is 5.74. The van der Waals surface area contributed by atoms with Crippen LogP contribution in [0.3, 0.4) is 0 Å². The van der Waals surface area contributed by atoms with Crippen LogP contribution in [0.1, 0.15) is 21.5 Å². The molecule has 1 aromatic carbocycles. The normalized spacial score (nSPS) is 10.6. The van der Waals surface area contributed by atoms with E-state index >= 15 is 0 Å². The van der Waals surface area contributed by atoms with Crippen molar-refractivity contribution < 1.29 is 13.2 Å². The molecule has 0 fully saturated rings. The van der Waals surface area contributed by atoms with Crippen LogP contribution in [0.15, 0.2) is 18.2 Å². The van der Waals surface area contributed by atoms with E-state index in [9.17, 15) is 13.2 Å². The zero-order valence-corrected chi connectivity index (χ0v) is 12.4. The number of aryl methyl sites for hydroxylation is 1. The Bertz CT molecular complexity index is 655. The summed E-state index contributed by atoms with van der Waals surface area (Å²) >= 11 is 0. The van der Waals surface area contributed by atoms with Crippen molar-refractivity contribution in [1.29, 1.82) is 0 Å². The Balaban J connectivity index is 2.73. The number of sulfone groups is 1. The first kappa shape index (κ1) is 16.2. The first-order valence-electron chi connectivity index (χ1n) is 6.09.